The molecule has 4 aliphatic rings. The van der Waals surface area contributed by atoms with Gasteiger partial charge < -0.3 is 30.9 Å². The molecule has 56 heavy (non-hydrogen) atoms. The van der Waals surface area contributed by atoms with E-state index < -0.39 is 70.5 Å². The van der Waals surface area contributed by atoms with Crippen LogP contribution < -0.4 is 26.0 Å². The molecule has 2 aliphatic carbocycles. The maximum absolute atomic E-state index is 15.0. The highest BCUT2D eigenvalue weighted by Crippen LogP contribution is 2.42. The van der Waals surface area contributed by atoms with E-state index in [1.54, 1.807) is 45.0 Å². The molecule has 15 heteroatoms. The number of ketones is 2. The van der Waals surface area contributed by atoms with Gasteiger partial charge in [0.1, 0.15) is 35.2 Å². The Balaban J connectivity index is 1.29. The Labute approximate surface area is 326 Å². The molecule has 15 nitrogen and oxygen atoms in total. The lowest BCUT2D eigenvalue weighted by Crippen LogP contribution is -2.62. The number of fused-ring (bicyclic) bond motifs is 1. The molecule has 1 aromatic carbocycles. The molecule has 0 radical (unpaired) electrons. The van der Waals surface area contributed by atoms with Crippen LogP contribution in [0.4, 0.5) is 0 Å². The van der Waals surface area contributed by atoms with Gasteiger partial charge in [0.15, 0.2) is 5.78 Å². The van der Waals surface area contributed by atoms with Crippen molar-refractivity contribution in [1.82, 2.24) is 36.1 Å². The van der Waals surface area contributed by atoms with Crippen LogP contribution in [0.2, 0.25) is 0 Å². The molecule has 5 amide bonds. The lowest BCUT2D eigenvalue weighted by atomic mass is 9.82. The van der Waals surface area contributed by atoms with E-state index >= 15 is 0 Å². The van der Waals surface area contributed by atoms with E-state index in [4.69, 9.17) is 4.74 Å². The third kappa shape index (κ3) is 9.24. The highest BCUT2D eigenvalue weighted by Gasteiger charge is 2.55. The normalized spacial score (nSPS) is 22.5. The summed E-state index contributed by atoms with van der Waals surface area (Å²) < 4.78 is 6.48. The van der Waals surface area contributed by atoms with Gasteiger partial charge in [-0.15, -0.1) is 0 Å². The number of hydrogen-bond donors (Lipinski definition) is 4. The molecule has 0 bridgehead atoms. The molecule has 2 aliphatic heterocycles. The summed E-state index contributed by atoms with van der Waals surface area (Å²) in [4.78, 5) is 106. The highest BCUT2D eigenvalue weighted by molar-refractivity contribution is 6.38. The van der Waals surface area contributed by atoms with Crippen molar-refractivity contribution in [2.45, 2.75) is 134 Å². The minimum atomic E-state index is -1.28. The summed E-state index contributed by atoms with van der Waals surface area (Å²) in [5.41, 5.74) is -1.73. The van der Waals surface area contributed by atoms with Crippen LogP contribution >= 0.6 is 0 Å². The van der Waals surface area contributed by atoms with E-state index in [0.29, 0.717) is 30.6 Å². The Morgan fingerprint density at radius 1 is 0.964 bits per heavy atom. The predicted molar refractivity (Wildman–Crippen MR) is 203 cm³/mol. The number of carbonyl (C=O) groups is 7. The molecular formula is C41H53N7O8. The van der Waals surface area contributed by atoms with Gasteiger partial charge in [-0.1, -0.05) is 65.5 Å². The summed E-state index contributed by atoms with van der Waals surface area (Å²) in [6.45, 7) is 7.04. The molecule has 1 saturated heterocycles. The summed E-state index contributed by atoms with van der Waals surface area (Å²) >= 11 is 0. The number of para-hydroxylation sites is 1. The number of Topliss-reactive ketones (excluding diaryl/α,β-unsaturated/α-hetero) is 2. The lowest BCUT2D eigenvalue weighted by Gasteiger charge is -2.38. The first-order valence-electron chi connectivity index (χ1n) is 19.8. The van der Waals surface area contributed by atoms with Gasteiger partial charge in [-0.3, -0.25) is 38.5 Å². The molecule has 300 valence electrons. The Morgan fingerprint density at radius 3 is 2.36 bits per heavy atom. The predicted octanol–water partition coefficient (Wildman–Crippen LogP) is 2.82. The van der Waals surface area contributed by atoms with Crippen molar-refractivity contribution in [2.24, 2.45) is 11.3 Å². The van der Waals surface area contributed by atoms with Crippen LogP contribution in [-0.4, -0.2) is 98.3 Å². The molecule has 1 aromatic heterocycles. The molecule has 5 atom stereocenters. The molecule has 2 unspecified atom stereocenters. The van der Waals surface area contributed by atoms with Gasteiger partial charge in [-0.2, -0.15) is 0 Å². The summed E-state index contributed by atoms with van der Waals surface area (Å²) in [7, 11) is 0. The molecule has 1 spiro atoms. The smallest absolute Gasteiger partial charge is 0.289 e. The number of hydrogen-bond acceptors (Lipinski definition) is 10. The first-order valence-corrected chi connectivity index (χ1v) is 19.8. The third-order valence-electron chi connectivity index (χ3n) is 11.2. The SMILES string of the molecule is CCCC(NC(=O)[C@@H]1CC2(CC(=O)c3ccccc3O2)CN1C(=O)[C@@H](NC(=O)[C@@H](NC(=O)c1cnccn1)C1CCCCC1)C(C)(C)C)C(=O)C(=O)NC1CC1. The molecule has 2 saturated carbocycles. The van der Waals surface area contributed by atoms with Crippen LogP contribution in [0.15, 0.2) is 42.9 Å². The van der Waals surface area contributed by atoms with Crippen molar-refractivity contribution < 1.29 is 38.3 Å². The van der Waals surface area contributed by atoms with Crippen LogP contribution in [-0.2, 0) is 24.0 Å². The van der Waals surface area contributed by atoms with Gasteiger partial charge >= 0.3 is 0 Å². The van der Waals surface area contributed by atoms with Crippen molar-refractivity contribution in [3.8, 4) is 5.75 Å². The number of amides is 5. The van der Waals surface area contributed by atoms with Crippen molar-refractivity contribution in [3.63, 3.8) is 0 Å². The number of ether oxygens (including phenoxy) is 1. The van der Waals surface area contributed by atoms with E-state index in [1.807, 2.05) is 6.92 Å². The summed E-state index contributed by atoms with van der Waals surface area (Å²) in [5, 5.41) is 11.3. The highest BCUT2D eigenvalue weighted by atomic mass is 16.5. The summed E-state index contributed by atoms with van der Waals surface area (Å²) in [6, 6.07) is 2.21. The standard InChI is InChI=1S/C41H53N7O8/c1-5-11-27(33(50)38(54)44-25-16-17-25)45-36(52)29-20-41(21-30(49)26-14-9-10-15-31(26)56-41)23-48(29)39(55)34(40(2,3)4)47-37(53)32(24-12-7-6-8-13-24)46-35(51)28-22-42-18-19-43-28/h9-10,14-15,18-19,22,24-25,27,29,32,34H,5-8,11-13,16-17,20-21,23H2,1-4H3,(H,44,54)(H,45,52)(H,46,51)(H,47,53)/t27?,29-,32-,34+,41?/m0/s1. The van der Waals surface area contributed by atoms with Gasteiger partial charge in [-0.25, -0.2) is 4.98 Å². The van der Waals surface area contributed by atoms with Crippen molar-refractivity contribution >= 4 is 41.1 Å². The van der Waals surface area contributed by atoms with Gasteiger partial charge in [0.25, 0.3) is 11.8 Å². The van der Waals surface area contributed by atoms with Crippen molar-refractivity contribution in [1.29, 1.82) is 0 Å². The van der Waals surface area contributed by atoms with E-state index in [1.165, 1.54) is 23.5 Å². The number of rotatable bonds is 13. The van der Waals surface area contributed by atoms with Crippen LogP contribution in [0, 0.1) is 11.3 Å². The Hall–Kier alpha value is -5.21. The topological polar surface area (TPSA) is 206 Å². The number of carbonyl (C=O) groups excluding carboxylic acids is 7. The molecule has 3 fully saturated rings. The average Bonchev–Trinajstić information content (AvgIpc) is 3.93. The van der Waals surface area contributed by atoms with E-state index in [-0.39, 0.29) is 49.2 Å². The maximum atomic E-state index is 15.0. The fraction of sp³-hybridized carbons (Fsp3) is 0.585. The quantitative estimate of drug-likeness (QED) is 0.219. The monoisotopic (exact) mass is 771 g/mol. The number of aromatic nitrogens is 2. The first-order chi connectivity index (χ1) is 26.7. The van der Waals surface area contributed by atoms with Gasteiger partial charge in [0.2, 0.25) is 23.5 Å². The molecule has 2 aromatic rings. The first kappa shape index (κ1) is 40.5. The number of nitrogens with zero attached hydrogens (tertiary/aromatic N) is 3. The maximum Gasteiger partial charge on any atom is 0.289 e. The zero-order chi connectivity index (χ0) is 40.2. The van der Waals surface area contributed by atoms with Gasteiger partial charge in [-0.05, 0) is 55.6 Å². The Morgan fingerprint density at radius 2 is 1.70 bits per heavy atom. The summed E-state index contributed by atoms with van der Waals surface area (Å²) in [6.07, 6.45) is 10.4. The van der Waals surface area contributed by atoms with Gasteiger partial charge in [0.05, 0.1) is 30.8 Å². The fourth-order valence-corrected chi connectivity index (χ4v) is 8.07. The molecule has 3 heterocycles. The van der Waals surface area contributed by atoms with E-state index in [9.17, 15) is 33.6 Å². The Bertz CT molecular complexity index is 1840. The molecule has 6 rings (SSSR count). The van der Waals surface area contributed by atoms with Crippen molar-refractivity contribution in [3.05, 3.63) is 54.1 Å². The number of benzene rings is 1. The van der Waals surface area contributed by atoms with Crippen LogP contribution in [0.3, 0.4) is 0 Å². The van der Waals surface area contributed by atoms with Crippen LogP contribution in [0.5, 0.6) is 5.75 Å². The Kier molecular flexibility index (Phi) is 12.2. The second kappa shape index (κ2) is 16.9. The summed E-state index contributed by atoms with van der Waals surface area (Å²) in [5.74, 6) is -3.99. The third-order valence-corrected chi connectivity index (χ3v) is 11.2. The minimum absolute atomic E-state index is 0.0502. The van der Waals surface area contributed by atoms with E-state index in [0.717, 1.165) is 32.1 Å². The second-order valence-corrected chi connectivity index (χ2v) is 16.8. The van der Waals surface area contributed by atoms with Gasteiger partial charge in [0, 0.05) is 24.9 Å². The van der Waals surface area contributed by atoms with Crippen LogP contribution in [0.25, 0.3) is 0 Å². The zero-order valence-electron chi connectivity index (χ0n) is 32.6. The number of nitrogens with one attached hydrogen (secondary N) is 4. The zero-order valence-corrected chi connectivity index (χ0v) is 32.6. The van der Waals surface area contributed by atoms with Crippen LogP contribution in [0.1, 0.15) is 119 Å². The van der Waals surface area contributed by atoms with E-state index in [2.05, 4.69) is 31.2 Å². The fourth-order valence-electron chi connectivity index (χ4n) is 8.07. The minimum Gasteiger partial charge on any atom is -0.484 e. The lowest BCUT2D eigenvalue weighted by molar-refractivity contribution is -0.145. The average molecular weight is 772 g/mol. The molecule has 4 N–H and O–H groups in total. The second-order valence-electron chi connectivity index (χ2n) is 16.8. The molecular weight excluding hydrogens is 718 g/mol. The number of likely N-dealkylation sites (tertiary alicyclic amines) is 1. The largest absolute Gasteiger partial charge is 0.484 e. The van der Waals surface area contributed by atoms with Crippen molar-refractivity contribution in [2.75, 3.05) is 6.54 Å².